The van der Waals surface area contributed by atoms with Crippen molar-refractivity contribution in [2.45, 2.75) is 76.6 Å². The van der Waals surface area contributed by atoms with Crippen molar-refractivity contribution in [2.24, 2.45) is 5.73 Å². The van der Waals surface area contributed by atoms with Gasteiger partial charge in [0.2, 0.25) is 17.7 Å². The molecule has 0 aliphatic carbocycles. The fraction of sp³-hybridized carbons (Fsp3) is 0.600. The van der Waals surface area contributed by atoms with E-state index < -0.39 is 29.7 Å². The van der Waals surface area contributed by atoms with Crippen molar-refractivity contribution >= 4 is 23.7 Å². The monoisotopic (exact) mass is 472 g/mol. The second-order valence-corrected chi connectivity index (χ2v) is 9.98. The molecule has 34 heavy (non-hydrogen) atoms. The third kappa shape index (κ3) is 6.56. The lowest BCUT2D eigenvalue weighted by molar-refractivity contribution is -0.163. The zero-order chi connectivity index (χ0) is 24.9. The van der Waals surface area contributed by atoms with Crippen molar-refractivity contribution in [3.8, 4) is 0 Å². The maximum atomic E-state index is 12.9. The lowest BCUT2D eigenvalue weighted by Crippen LogP contribution is -2.53. The second-order valence-electron chi connectivity index (χ2n) is 9.98. The molecule has 3 rings (SSSR count). The minimum absolute atomic E-state index is 0.229. The van der Waals surface area contributed by atoms with Crippen LogP contribution in [0.1, 0.15) is 52.0 Å². The number of carbonyl (C=O) groups excluding carboxylic acids is 4. The largest absolute Gasteiger partial charge is 0.458 e. The molecule has 0 aromatic heterocycles. The van der Waals surface area contributed by atoms with Crippen molar-refractivity contribution in [1.82, 2.24) is 15.1 Å². The van der Waals surface area contributed by atoms with Crippen molar-refractivity contribution in [3.63, 3.8) is 0 Å². The van der Waals surface area contributed by atoms with E-state index in [0.29, 0.717) is 45.2 Å². The van der Waals surface area contributed by atoms with Gasteiger partial charge in [-0.2, -0.15) is 0 Å². The molecule has 3 N–H and O–H groups in total. The molecule has 1 aromatic rings. The van der Waals surface area contributed by atoms with Crippen LogP contribution in [-0.2, 0) is 30.3 Å². The number of rotatable bonds is 7. The smallest absolute Gasteiger partial charge is 0.329 e. The zero-order valence-corrected chi connectivity index (χ0v) is 20.3. The molecular formula is C25H36N4O5. The van der Waals surface area contributed by atoms with Crippen LogP contribution in [0.4, 0.5) is 0 Å². The Labute approximate surface area is 201 Å². The Morgan fingerprint density at radius 3 is 2.29 bits per heavy atom. The van der Waals surface area contributed by atoms with Crippen molar-refractivity contribution in [1.29, 1.82) is 0 Å². The Hall–Kier alpha value is -2.94. The molecule has 0 unspecified atom stereocenters. The van der Waals surface area contributed by atoms with E-state index in [1.807, 2.05) is 30.3 Å². The molecule has 0 radical (unpaired) electrons. The van der Waals surface area contributed by atoms with Gasteiger partial charge in [0.05, 0.1) is 12.6 Å². The first-order valence-electron chi connectivity index (χ1n) is 12.0. The van der Waals surface area contributed by atoms with Gasteiger partial charge in [-0.05, 0) is 58.4 Å². The van der Waals surface area contributed by atoms with Crippen LogP contribution < -0.4 is 11.1 Å². The number of benzene rings is 1. The molecule has 0 spiro atoms. The first-order chi connectivity index (χ1) is 16.1. The molecule has 0 bridgehead atoms. The Balaban J connectivity index is 1.53. The zero-order valence-electron chi connectivity index (χ0n) is 20.3. The molecule has 2 aliphatic heterocycles. The molecule has 186 valence electrons. The molecular weight excluding hydrogens is 436 g/mol. The van der Waals surface area contributed by atoms with E-state index in [4.69, 9.17) is 10.5 Å². The van der Waals surface area contributed by atoms with Gasteiger partial charge in [0.1, 0.15) is 17.7 Å². The second kappa shape index (κ2) is 11.0. The van der Waals surface area contributed by atoms with Crippen LogP contribution in [0.3, 0.4) is 0 Å². The molecule has 2 fully saturated rings. The molecule has 2 saturated heterocycles. The Morgan fingerprint density at radius 1 is 1.03 bits per heavy atom. The average Bonchev–Trinajstić information content (AvgIpc) is 3.46. The van der Waals surface area contributed by atoms with Crippen LogP contribution in [0.15, 0.2) is 30.3 Å². The van der Waals surface area contributed by atoms with Gasteiger partial charge in [0.15, 0.2) is 0 Å². The van der Waals surface area contributed by atoms with E-state index in [1.54, 1.807) is 20.8 Å². The number of carbonyl (C=O) groups is 4. The van der Waals surface area contributed by atoms with Gasteiger partial charge < -0.3 is 25.6 Å². The highest BCUT2D eigenvalue weighted by molar-refractivity contribution is 5.93. The number of ether oxygens (including phenoxy) is 1. The van der Waals surface area contributed by atoms with Gasteiger partial charge in [0, 0.05) is 13.1 Å². The lowest BCUT2D eigenvalue weighted by atomic mass is 10.1. The summed E-state index contributed by atoms with van der Waals surface area (Å²) >= 11 is 0. The highest BCUT2D eigenvalue weighted by Gasteiger charge is 2.39. The fourth-order valence-electron chi connectivity index (χ4n) is 4.53. The molecule has 2 heterocycles. The van der Waals surface area contributed by atoms with E-state index >= 15 is 0 Å². The predicted molar refractivity (Wildman–Crippen MR) is 126 cm³/mol. The predicted octanol–water partition coefficient (Wildman–Crippen LogP) is 0.996. The summed E-state index contributed by atoms with van der Waals surface area (Å²) in [5.41, 5.74) is 6.48. The van der Waals surface area contributed by atoms with Gasteiger partial charge >= 0.3 is 5.97 Å². The number of nitrogens with two attached hydrogens (primary N) is 1. The quantitative estimate of drug-likeness (QED) is 0.571. The van der Waals surface area contributed by atoms with Crippen molar-refractivity contribution in [3.05, 3.63) is 35.9 Å². The first kappa shape index (κ1) is 25.7. The molecule has 1 aromatic carbocycles. The third-order valence-electron chi connectivity index (χ3n) is 6.12. The van der Waals surface area contributed by atoms with Crippen LogP contribution in [0.2, 0.25) is 0 Å². The summed E-state index contributed by atoms with van der Waals surface area (Å²) in [6.07, 6.45) is 2.85. The van der Waals surface area contributed by atoms with Crippen LogP contribution in [0.5, 0.6) is 0 Å². The average molecular weight is 473 g/mol. The molecule has 3 amide bonds. The third-order valence-corrected chi connectivity index (χ3v) is 6.12. The molecule has 2 aliphatic rings. The number of esters is 1. The van der Waals surface area contributed by atoms with Gasteiger partial charge in [0.25, 0.3) is 0 Å². The lowest BCUT2D eigenvalue weighted by Gasteiger charge is -2.28. The summed E-state index contributed by atoms with van der Waals surface area (Å²) in [5.74, 6) is -1.40. The maximum absolute atomic E-state index is 12.9. The summed E-state index contributed by atoms with van der Waals surface area (Å²) in [5, 5.41) is 2.67. The first-order valence-corrected chi connectivity index (χ1v) is 12.0. The molecule has 0 saturated carbocycles. The topological polar surface area (TPSA) is 122 Å². The molecule has 9 nitrogen and oxygen atoms in total. The Bertz CT molecular complexity index is 898. The van der Waals surface area contributed by atoms with Crippen LogP contribution >= 0.6 is 0 Å². The number of hydrogen-bond acceptors (Lipinski definition) is 6. The normalized spacial score (nSPS) is 21.3. The van der Waals surface area contributed by atoms with Gasteiger partial charge in [-0.15, -0.1) is 0 Å². The molecule has 9 heteroatoms. The summed E-state index contributed by atoms with van der Waals surface area (Å²) in [6.45, 7) is 6.03. The Morgan fingerprint density at radius 2 is 1.65 bits per heavy atom. The van der Waals surface area contributed by atoms with E-state index in [-0.39, 0.29) is 24.3 Å². The van der Waals surface area contributed by atoms with Crippen molar-refractivity contribution in [2.75, 3.05) is 19.6 Å². The summed E-state index contributed by atoms with van der Waals surface area (Å²) in [7, 11) is 0. The van der Waals surface area contributed by atoms with Crippen LogP contribution in [0, 0.1) is 0 Å². The van der Waals surface area contributed by atoms with Crippen LogP contribution in [0.25, 0.3) is 0 Å². The number of hydrogen-bond donors (Lipinski definition) is 2. The van der Waals surface area contributed by atoms with E-state index in [2.05, 4.69) is 5.32 Å². The molecule has 3 atom stereocenters. The highest BCUT2D eigenvalue weighted by atomic mass is 16.6. The summed E-state index contributed by atoms with van der Waals surface area (Å²) < 4.78 is 5.44. The van der Waals surface area contributed by atoms with Gasteiger partial charge in [-0.25, -0.2) is 4.79 Å². The van der Waals surface area contributed by atoms with Gasteiger partial charge in [-0.1, -0.05) is 30.3 Å². The minimum atomic E-state index is -0.739. The number of amides is 3. The summed E-state index contributed by atoms with van der Waals surface area (Å²) in [6, 6.07) is 7.48. The van der Waals surface area contributed by atoms with Crippen molar-refractivity contribution < 1.29 is 23.9 Å². The summed E-state index contributed by atoms with van der Waals surface area (Å²) in [4.78, 5) is 54.0. The SMILES string of the molecule is CC(C)(C)OC(=O)[C@@H]1CCCN1C(=O)CNC(=O)[C@@H]1CCCN1C(=O)[C@@H](N)Cc1ccccc1. The standard InChI is InChI=1S/C25H36N4O5/c1-25(2,3)34-24(33)20-12-8-13-28(20)21(30)16-27-22(31)19-11-7-14-29(19)23(32)18(26)15-17-9-5-4-6-10-17/h4-6,9-10,18-20H,7-8,11-16,26H2,1-3H3,(H,27,31)/t18-,19-,20-/m0/s1. The number of likely N-dealkylation sites (tertiary alicyclic amines) is 2. The Kier molecular flexibility index (Phi) is 8.30. The van der Waals surface area contributed by atoms with Crippen LogP contribution in [-0.4, -0.2) is 76.9 Å². The van der Waals surface area contributed by atoms with E-state index in [9.17, 15) is 19.2 Å². The number of nitrogens with one attached hydrogen (secondary N) is 1. The number of nitrogens with zero attached hydrogens (tertiary/aromatic N) is 2. The van der Waals surface area contributed by atoms with E-state index in [1.165, 1.54) is 9.80 Å². The van der Waals surface area contributed by atoms with E-state index in [0.717, 1.165) is 5.56 Å². The highest BCUT2D eigenvalue weighted by Crippen LogP contribution is 2.22. The minimum Gasteiger partial charge on any atom is -0.458 e. The maximum Gasteiger partial charge on any atom is 0.329 e. The van der Waals surface area contributed by atoms with Gasteiger partial charge in [-0.3, -0.25) is 14.4 Å². The fourth-order valence-corrected chi connectivity index (χ4v) is 4.53.